The lowest BCUT2D eigenvalue weighted by molar-refractivity contribution is 0.669. The minimum Gasteiger partial charge on any atom is -0.456 e. The summed E-state index contributed by atoms with van der Waals surface area (Å²) in [5.41, 5.74) is 11.4. The van der Waals surface area contributed by atoms with Crippen molar-refractivity contribution >= 4 is 43.5 Å². The first-order valence-electron chi connectivity index (χ1n) is 19.2. The number of aromatic nitrogens is 3. The molecule has 0 radical (unpaired) electrons. The second-order valence-electron chi connectivity index (χ2n) is 14.4. The van der Waals surface area contributed by atoms with Gasteiger partial charge in [0.05, 0.1) is 0 Å². The van der Waals surface area contributed by atoms with E-state index in [4.69, 9.17) is 19.4 Å². The molecule has 0 amide bonds. The molecule has 0 bridgehead atoms. The van der Waals surface area contributed by atoms with Gasteiger partial charge in [-0.15, -0.1) is 0 Å². The average Bonchev–Trinajstić information content (AvgIpc) is 3.68. The summed E-state index contributed by atoms with van der Waals surface area (Å²) in [6.07, 6.45) is 0. The van der Waals surface area contributed by atoms with Crippen molar-refractivity contribution in [2.75, 3.05) is 0 Å². The minimum atomic E-state index is 0.590. The molecule has 2 aromatic heterocycles. The second-order valence-corrected chi connectivity index (χ2v) is 14.4. The molecular weight excluding hydrogens is 695 g/mol. The molecule has 2 heterocycles. The van der Waals surface area contributed by atoms with Gasteiger partial charge < -0.3 is 4.42 Å². The Hall–Kier alpha value is -7.69. The van der Waals surface area contributed by atoms with Gasteiger partial charge in [0, 0.05) is 27.5 Å². The first-order valence-corrected chi connectivity index (χ1v) is 19.2. The van der Waals surface area contributed by atoms with Gasteiger partial charge in [0.15, 0.2) is 17.5 Å². The number of hydrogen-bond acceptors (Lipinski definition) is 4. The predicted octanol–water partition coefficient (Wildman–Crippen LogP) is 14.1. The van der Waals surface area contributed by atoms with Crippen LogP contribution in [0.4, 0.5) is 0 Å². The maximum Gasteiger partial charge on any atom is 0.164 e. The smallest absolute Gasteiger partial charge is 0.164 e. The van der Waals surface area contributed by atoms with Gasteiger partial charge in [0.2, 0.25) is 0 Å². The highest BCUT2D eigenvalue weighted by molar-refractivity contribution is 6.13. The number of furan rings is 1. The number of benzene rings is 9. The summed E-state index contributed by atoms with van der Waals surface area (Å²) in [6, 6.07) is 70.0. The Morgan fingerprint density at radius 3 is 1.56 bits per heavy atom. The first kappa shape index (κ1) is 32.7. The third kappa shape index (κ3) is 5.92. The fraction of sp³-hybridized carbons (Fsp3) is 0. The van der Waals surface area contributed by atoms with Crippen LogP contribution in [0.25, 0.3) is 111 Å². The summed E-state index contributed by atoms with van der Waals surface area (Å²) in [5.74, 6) is 1.83. The molecule has 0 saturated heterocycles. The van der Waals surface area contributed by atoms with Crippen molar-refractivity contribution in [2.45, 2.75) is 0 Å². The number of hydrogen-bond donors (Lipinski definition) is 0. The van der Waals surface area contributed by atoms with E-state index in [0.29, 0.717) is 17.5 Å². The van der Waals surface area contributed by atoms with Crippen LogP contribution in [0.2, 0.25) is 0 Å². The van der Waals surface area contributed by atoms with E-state index in [0.717, 1.165) is 55.1 Å². The van der Waals surface area contributed by atoms with Gasteiger partial charge in [-0.05, 0) is 85.3 Å². The predicted molar refractivity (Wildman–Crippen MR) is 235 cm³/mol. The zero-order valence-corrected chi connectivity index (χ0v) is 30.8. The third-order valence-electron chi connectivity index (χ3n) is 10.9. The molecule has 0 aliphatic rings. The van der Waals surface area contributed by atoms with Crippen LogP contribution in [0, 0.1) is 0 Å². The molecular formula is C53H33N3O. The summed E-state index contributed by atoms with van der Waals surface area (Å²) >= 11 is 0. The first-order chi connectivity index (χ1) is 28.2. The lowest BCUT2D eigenvalue weighted by Crippen LogP contribution is -2.00. The van der Waals surface area contributed by atoms with Crippen molar-refractivity contribution in [2.24, 2.45) is 0 Å². The average molecular weight is 728 g/mol. The third-order valence-corrected chi connectivity index (χ3v) is 10.9. The Morgan fingerprint density at radius 2 is 0.807 bits per heavy atom. The molecule has 0 fully saturated rings. The van der Waals surface area contributed by atoms with E-state index in [-0.39, 0.29) is 0 Å². The molecule has 0 N–H and O–H groups in total. The summed E-state index contributed by atoms with van der Waals surface area (Å²) in [6.45, 7) is 0. The Morgan fingerprint density at radius 1 is 0.281 bits per heavy atom. The van der Waals surface area contributed by atoms with Crippen molar-refractivity contribution < 1.29 is 4.42 Å². The van der Waals surface area contributed by atoms with Gasteiger partial charge in [0.1, 0.15) is 11.2 Å². The molecule has 0 aliphatic heterocycles. The van der Waals surface area contributed by atoms with Crippen LogP contribution in [0.5, 0.6) is 0 Å². The van der Waals surface area contributed by atoms with Crippen molar-refractivity contribution in [1.29, 1.82) is 0 Å². The van der Waals surface area contributed by atoms with Gasteiger partial charge in [-0.1, -0.05) is 170 Å². The largest absolute Gasteiger partial charge is 0.456 e. The van der Waals surface area contributed by atoms with E-state index in [9.17, 15) is 0 Å². The highest BCUT2D eigenvalue weighted by Crippen LogP contribution is 2.39. The number of nitrogens with zero attached hydrogens (tertiary/aromatic N) is 3. The lowest BCUT2D eigenvalue weighted by atomic mass is 9.95. The van der Waals surface area contributed by atoms with Crippen LogP contribution in [-0.2, 0) is 0 Å². The summed E-state index contributed by atoms with van der Waals surface area (Å²) in [5, 5.41) is 6.92. The molecule has 0 aliphatic carbocycles. The van der Waals surface area contributed by atoms with Crippen LogP contribution in [0.15, 0.2) is 205 Å². The monoisotopic (exact) mass is 727 g/mol. The van der Waals surface area contributed by atoms with Crippen LogP contribution in [0.3, 0.4) is 0 Å². The van der Waals surface area contributed by atoms with Gasteiger partial charge in [0.25, 0.3) is 0 Å². The second kappa shape index (κ2) is 13.6. The SMILES string of the molecule is c1ccc(-c2cccc(-c3ccc(-c4cccc5oc6cc(-c7nc(-c8ccccc8)nc(-c8ccc9c(ccc%10ccccc%109)c8)n7)ccc6c45)cc3)c2)cc1. The maximum absolute atomic E-state index is 6.57. The zero-order chi connectivity index (χ0) is 37.7. The van der Waals surface area contributed by atoms with Gasteiger partial charge in [-0.2, -0.15) is 0 Å². The van der Waals surface area contributed by atoms with Crippen LogP contribution >= 0.6 is 0 Å². The van der Waals surface area contributed by atoms with E-state index < -0.39 is 0 Å². The van der Waals surface area contributed by atoms with Crippen LogP contribution in [0.1, 0.15) is 0 Å². The summed E-state index contributed by atoms with van der Waals surface area (Å²) in [4.78, 5) is 15.1. The Balaban J connectivity index is 0.979. The van der Waals surface area contributed by atoms with E-state index >= 15 is 0 Å². The molecule has 0 atom stereocenters. The van der Waals surface area contributed by atoms with Crippen molar-refractivity contribution in [1.82, 2.24) is 15.0 Å². The van der Waals surface area contributed by atoms with Gasteiger partial charge in [-0.25, -0.2) is 15.0 Å². The van der Waals surface area contributed by atoms with E-state index in [1.54, 1.807) is 0 Å². The molecule has 0 saturated carbocycles. The quantitative estimate of drug-likeness (QED) is 0.160. The van der Waals surface area contributed by atoms with Gasteiger partial charge in [-0.3, -0.25) is 0 Å². The Kier molecular flexibility index (Phi) is 7.78. The van der Waals surface area contributed by atoms with E-state index in [2.05, 4.69) is 164 Å². The molecule has 11 aromatic rings. The van der Waals surface area contributed by atoms with E-state index in [1.165, 1.54) is 38.4 Å². The molecule has 57 heavy (non-hydrogen) atoms. The standard InChI is InChI=1S/C53H33N3O/c1-3-11-34(12-4-1)39-16-9-17-40(31-39)35-21-23-37(24-22-35)46-19-10-20-48-50(46)47-30-28-43(33-49(47)57-48)53-55-51(38-14-5-2-6-15-38)54-52(56-53)42-27-29-45-41(32-42)26-25-36-13-7-8-18-44(36)45/h1-33H. The molecule has 4 nitrogen and oxygen atoms in total. The van der Waals surface area contributed by atoms with Crippen molar-refractivity contribution in [3.8, 4) is 67.5 Å². The van der Waals surface area contributed by atoms with Crippen molar-refractivity contribution in [3.05, 3.63) is 200 Å². The van der Waals surface area contributed by atoms with Crippen LogP contribution < -0.4 is 0 Å². The Labute approximate surface area is 329 Å². The topological polar surface area (TPSA) is 51.8 Å². The van der Waals surface area contributed by atoms with Gasteiger partial charge >= 0.3 is 0 Å². The van der Waals surface area contributed by atoms with Crippen LogP contribution in [-0.4, -0.2) is 15.0 Å². The highest BCUT2D eigenvalue weighted by Gasteiger charge is 2.17. The normalized spacial score (nSPS) is 11.5. The zero-order valence-electron chi connectivity index (χ0n) is 30.8. The summed E-state index contributed by atoms with van der Waals surface area (Å²) in [7, 11) is 0. The highest BCUT2D eigenvalue weighted by atomic mass is 16.3. The minimum absolute atomic E-state index is 0.590. The number of rotatable bonds is 6. The van der Waals surface area contributed by atoms with E-state index in [1.807, 2.05) is 36.4 Å². The fourth-order valence-corrected chi connectivity index (χ4v) is 8.06. The molecule has 9 aromatic carbocycles. The summed E-state index contributed by atoms with van der Waals surface area (Å²) < 4.78 is 6.57. The molecule has 11 rings (SSSR count). The molecule has 266 valence electrons. The molecule has 4 heteroatoms. The Bertz CT molecular complexity index is 3280. The fourth-order valence-electron chi connectivity index (χ4n) is 8.06. The molecule has 0 unspecified atom stereocenters. The lowest BCUT2D eigenvalue weighted by Gasteiger charge is -2.10. The number of fused-ring (bicyclic) bond motifs is 6. The molecule has 0 spiro atoms. The maximum atomic E-state index is 6.57. The van der Waals surface area contributed by atoms with Crippen molar-refractivity contribution in [3.63, 3.8) is 0 Å².